The first kappa shape index (κ1) is 25.0. The van der Waals surface area contributed by atoms with E-state index in [0.717, 1.165) is 21.8 Å². The number of rotatable bonds is 4. The maximum absolute atomic E-state index is 4.91. The fourth-order valence-electron chi connectivity index (χ4n) is 6.56. The van der Waals surface area contributed by atoms with Crippen molar-refractivity contribution >= 4 is 54.1 Å². The number of hydrogen-bond acceptors (Lipinski definition) is 2. The third-order valence-electron chi connectivity index (χ3n) is 8.63. The van der Waals surface area contributed by atoms with E-state index in [2.05, 4.69) is 162 Å². The van der Waals surface area contributed by atoms with E-state index in [9.17, 15) is 0 Å². The Morgan fingerprint density at radius 2 is 1.11 bits per heavy atom. The number of para-hydroxylation sites is 2. The number of aromatic nitrogens is 2. The van der Waals surface area contributed by atoms with Crippen LogP contribution in [-0.2, 0) is 0 Å². The van der Waals surface area contributed by atoms with E-state index >= 15 is 0 Å². The van der Waals surface area contributed by atoms with Crippen molar-refractivity contribution in [2.24, 2.45) is 0 Å². The first-order chi connectivity index (χ1) is 21.8. The summed E-state index contributed by atoms with van der Waals surface area (Å²) >= 11 is 1.74. The van der Waals surface area contributed by atoms with Crippen molar-refractivity contribution in [2.45, 2.75) is 0 Å². The average Bonchev–Trinajstić information content (AvgIpc) is 3.67. The molecule has 0 bridgehead atoms. The van der Waals surface area contributed by atoms with Gasteiger partial charge in [-0.3, -0.25) is 0 Å². The van der Waals surface area contributed by atoms with E-state index in [4.69, 9.17) is 4.98 Å². The van der Waals surface area contributed by atoms with Crippen molar-refractivity contribution in [1.29, 1.82) is 0 Å². The summed E-state index contributed by atoms with van der Waals surface area (Å²) in [5.41, 5.74) is 10.7. The zero-order chi connectivity index (χ0) is 29.0. The Balaban J connectivity index is 1.29. The highest BCUT2D eigenvalue weighted by molar-refractivity contribution is 7.21. The van der Waals surface area contributed by atoms with E-state index in [0.29, 0.717) is 0 Å². The summed E-state index contributed by atoms with van der Waals surface area (Å²) in [6.07, 6.45) is 0. The SMILES string of the molecule is c1ccc(-c2ccc(-n3c4ccccc4c4cc5ccccc5c(-c5ccc(-c6nc7ccccc7s6)cc5)c43)cc2)cc1. The molecule has 2 heterocycles. The molecule has 0 amide bonds. The van der Waals surface area contributed by atoms with Crippen molar-refractivity contribution < 1.29 is 0 Å². The van der Waals surface area contributed by atoms with Crippen molar-refractivity contribution in [3.05, 3.63) is 158 Å². The van der Waals surface area contributed by atoms with Gasteiger partial charge in [0.05, 0.1) is 21.3 Å². The van der Waals surface area contributed by atoms with Crippen LogP contribution in [0.3, 0.4) is 0 Å². The van der Waals surface area contributed by atoms with Crippen LogP contribution in [0.25, 0.3) is 81.3 Å². The number of nitrogens with zero attached hydrogens (tertiary/aromatic N) is 2. The third kappa shape index (κ3) is 3.98. The molecule has 0 aliphatic carbocycles. The molecular weight excluding hydrogens is 553 g/mol. The quantitative estimate of drug-likeness (QED) is 0.203. The maximum Gasteiger partial charge on any atom is 0.124 e. The zero-order valence-corrected chi connectivity index (χ0v) is 24.6. The van der Waals surface area contributed by atoms with Gasteiger partial charge in [0, 0.05) is 27.6 Å². The van der Waals surface area contributed by atoms with Crippen LogP contribution in [0.1, 0.15) is 0 Å². The molecule has 3 heteroatoms. The lowest BCUT2D eigenvalue weighted by Gasteiger charge is -2.15. The molecule has 0 radical (unpaired) electrons. The lowest BCUT2D eigenvalue weighted by molar-refractivity contribution is 1.18. The normalized spacial score (nSPS) is 11.6. The van der Waals surface area contributed by atoms with Crippen LogP contribution in [-0.4, -0.2) is 9.55 Å². The molecule has 44 heavy (non-hydrogen) atoms. The van der Waals surface area contributed by atoms with Crippen LogP contribution in [0.4, 0.5) is 0 Å². The highest BCUT2D eigenvalue weighted by Gasteiger charge is 2.19. The van der Waals surface area contributed by atoms with Gasteiger partial charge in [-0.05, 0) is 63.9 Å². The molecule has 2 aromatic heterocycles. The lowest BCUT2D eigenvalue weighted by Crippen LogP contribution is -1.96. The van der Waals surface area contributed by atoms with Crippen molar-refractivity contribution in [2.75, 3.05) is 0 Å². The Morgan fingerprint density at radius 3 is 1.93 bits per heavy atom. The number of hydrogen-bond donors (Lipinski definition) is 0. The van der Waals surface area contributed by atoms with Gasteiger partial charge < -0.3 is 4.57 Å². The molecule has 0 aliphatic heterocycles. The van der Waals surface area contributed by atoms with Crippen LogP contribution in [0, 0.1) is 0 Å². The van der Waals surface area contributed by atoms with Gasteiger partial charge in [-0.25, -0.2) is 4.98 Å². The second-order valence-corrected chi connectivity index (χ2v) is 12.2. The Labute approximate surface area is 259 Å². The van der Waals surface area contributed by atoms with Crippen molar-refractivity contribution in [1.82, 2.24) is 9.55 Å². The van der Waals surface area contributed by atoms with Gasteiger partial charge in [0.15, 0.2) is 0 Å². The van der Waals surface area contributed by atoms with Crippen LogP contribution in [0.5, 0.6) is 0 Å². The monoisotopic (exact) mass is 578 g/mol. The first-order valence-electron chi connectivity index (χ1n) is 14.9. The number of thiazole rings is 1. The standard InChI is InChI=1S/C41H26N2S/c1-2-10-27(11-3-1)28-22-24-32(25-23-28)43-37-16-8-6-14-34(37)35-26-31-12-4-5-13-33(31)39(40(35)43)29-18-20-30(21-19-29)41-42-36-15-7-9-17-38(36)44-41/h1-26H. The Bertz CT molecular complexity index is 2430. The topological polar surface area (TPSA) is 17.8 Å². The number of fused-ring (bicyclic) bond motifs is 5. The summed E-state index contributed by atoms with van der Waals surface area (Å²) in [6, 6.07) is 56.8. The predicted octanol–water partition coefficient (Wildman–Crippen LogP) is 11.5. The van der Waals surface area contributed by atoms with Gasteiger partial charge in [0.25, 0.3) is 0 Å². The minimum atomic E-state index is 1.05. The fourth-order valence-corrected chi connectivity index (χ4v) is 7.53. The molecule has 0 fully saturated rings. The molecular formula is C41H26N2S. The second kappa shape index (κ2) is 10.0. The fraction of sp³-hybridized carbons (Fsp3) is 0. The predicted molar refractivity (Wildman–Crippen MR) is 188 cm³/mol. The molecule has 0 aliphatic rings. The molecule has 7 aromatic carbocycles. The summed E-state index contributed by atoms with van der Waals surface area (Å²) in [4.78, 5) is 4.91. The largest absolute Gasteiger partial charge is 0.309 e. The lowest BCUT2D eigenvalue weighted by atomic mass is 9.94. The van der Waals surface area contributed by atoms with Crippen LogP contribution >= 0.6 is 11.3 Å². The minimum absolute atomic E-state index is 1.05. The van der Waals surface area contributed by atoms with E-state index in [1.807, 2.05) is 0 Å². The third-order valence-corrected chi connectivity index (χ3v) is 9.71. The highest BCUT2D eigenvalue weighted by Crippen LogP contribution is 2.43. The molecule has 0 saturated carbocycles. The van der Waals surface area contributed by atoms with E-state index in [-0.39, 0.29) is 0 Å². The molecule has 9 rings (SSSR count). The molecule has 0 N–H and O–H groups in total. The first-order valence-corrected chi connectivity index (χ1v) is 15.7. The zero-order valence-electron chi connectivity index (χ0n) is 23.8. The van der Waals surface area contributed by atoms with Gasteiger partial charge in [0.2, 0.25) is 0 Å². The van der Waals surface area contributed by atoms with Crippen LogP contribution in [0.2, 0.25) is 0 Å². The minimum Gasteiger partial charge on any atom is -0.309 e. The summed E-state index contributed by atoms with van der Waals surface area (Å²) in [7, 11) is 0. The Kier molecular flexibility index (Phi) is 5.71. The summed E-state index contributed by atoms with van der Waals surface area (Å²) in [6.45, 7) is 0. The van der Waals surface area contributed by atoms with Crippen LogP contribution < -0.4 is 0 Å². The number of benzene rings is 7. The van der Waals surface area contributed by atoms with E-state index in [1.54, 1.807) is 11.3 Å². The second-order valence-electron chi connectivity index (χ2n) is 11.2. The van der Waals surface area contributed by atoms with Gasteiger partial charge in [-0.2, -0.15) is 0 Å². The Morgan fingerprint density at radius 1 is 0.477 bits per heavy atom. The van der Waals surface area contributed by atoms with Crippen LogP contribution in [0.15, 0.2) is 158 Å². The molecule has 0 atom stereocenters. The molecule has 0 spiro atoms. The smallest absolute Gasteiger partial charge is 0.124 e. The molecule has 0 saturated heterocycles. The summed E-state index contributed by atoms with van der Waals surface area (Å²) in [5, 5.41) is 6.06. The molecule has 9 aromatic rings. The van der Waals surface area contributed by atoms with Crippen molar-refractivity contribution in [3.63, 3.8) is 0 Å². The summed E-state index contributed by atoms with van der Waals surface area (Å²) < 4.78 is 3.66. The average molecular weight is 579 g/mol. The molecule has 2 nitrogen and oxygen atoms in total. The van der Waals surface area contributed by atoms with Crippen molar-refractivity contribution in [3.8, 4) is 38.5 Å². The highest BCUT2D eigenvalue weighted by atomic mass is 32.1. The van der Waals surface area contributed by atoms with Gasteiger partial charge in [-0.1, -0.05) is 121 Å². The van der Waals surface area contributed by atoms with Gasteiger partial charge in [-0.15, -0.1) is 11.3 Å². The van der Waals surface area contributed by atoms with Gasteiger partial charge >= 0.3 is 0 Å². The molecule has 206 valence electrons. The Hall–Kier alpha value is -5.51. The maximum atomic E-state index is 4.91. The summed E-state index contributed by atoms with van der Waals surface area (Å²) in [5.74, 6) is 0. The van der Waals surface area contributed by atoms with Gasteiger partial charge in [0.1, 0.15) is 5.01 Å². The van der Waals surface area contributed by atoms with E-state index < -0.39 is 0 Å². The molecule has 0 unspecified atom stereocenters. The van der Waals surface area contributed by atoms with E-state index in [1.165, 1.54) is 59.5 Å².